The van der Waals surface area contributed by atoms with Crippen LogP contribution in [-0.2, 0) is 9.47 Å². The highest BCUT2D eigenvalue weighted by molar-refractivity contribution is 7.20. The van der Waals surface area contributed by atoms with Crippen LogP contribution in [0.1, 0.15) is 67.1 Å². The molecule has 28 heavy (non-hydrogen) atoms. The van der Waals surface area contributed by atoms with E-state index in [1.54, 1.807) is 6.33 Å². The van der Waals surface area contributed by atoms with Gasteiger partial charge in [-0.15, -0.1) is 11.3 Å². The van der Waals surface area contributed by atoms with Crippen molar-refractivity contribution >= 4 is 33.3 Å². The number of carbonyl (C=O) groups is 1. The molecule has 0 bridgehead atoms. The van der Waals surface area contributed by atoms with Gasteiger partial charge in [0.25, 0.3) is 0 Å². The average Bonchev–Trinajstić information content (AvgIpc) is 3.07. The number of esters is 1. The Kier molecular flexibility index (Phi) is 6.11. The lowest BCUT2D eigenvalue weighted by Gasteiger charge is -2.35. The summed E-state index contributed by atoms with van der Waals surface area (Å²) in [5.74, 6) is 0.666. The van der Waals surface area contributed by atoms with E-state index in [2.05, 4.69) is 14.9 Å². The van der Waals surface area contributed by atoms with Crippen molar-refractivity contribution in [3.63, 3.8) is 0 Å². The molecule has 0 atom stereocenters. The number of rotatable bonds is 5. The van der Waals surface area contributed by atoms with Crippen LogP contribution < -0.4 is 4.90 Å². The van der Waals surface area contributed by atoms with Crippen LogP contribution in [0.3, 0.4) is 0 Å². The Morgan fingerprint density at radius 2 is 1.86 bits per heavy atom. The molecule has 1 saturated heterocycles. The van der Waals surface area contributed by atoms with Gasteiger partial charge in [-0.05, 0) is 45.1 Å². The van der Waals surface area contributed by atoms with Gasteiger partial charge in [-0.1, -0.05) is 19.3 Å². The molecule has 0 spiro atoms. The molecule has 3 heterocycles. The first-order valence-corrected chi connectivity index (χ1v) is 11.3. The van der Waals surface area contributed by atoms with Crippen LogP contribution in [0.2, 0.25) is 0 Å². The molecule has 2 fully saturated rings. The lowest BCUT2D eigenvalue weighted by atomic mass is 9.97. The summed E-state index contributed by atoms with van der Waals surface area (Å²) < 4.78 is 11.6. The Bertz CT molecular complexity index is 824. The number of nitrogens with zero attached hydrogens (tertiary/aromatic N) is 3. The summed E-state index contributed by atoms with van der Waals surface area (Å²) in [6.45, 7) is 6.02. The average molecular weight is 404 g/mol. The second-order valence-corrected chi connectivity index (χ2v) is 8.74. The molecule has 6 nitrogen and oxygen atoms in total. The molecule has 2 aliphatic rings. The zero-order chi connectivity index (χ0) is 19.5. The highest BCUT2D eigenvalue weighted by Gasteiger charge is 2.27. The number of hydrogen-bond donors (Lipinski definition) is 0. The smallest absolute Gasteiger partial charge is 0.348 e. The standard InChI is InChI=1S/C21H29N3O3S/c1-3-26-21(25)18-14(2)17-19(22-13-23-20(17)28-18)24-11-9-16(10-12-24)27-15-7-5-4-6-8-15/h13,15-16H,3-12H2,1-2H3. The van der Waals surface area contributed by atoms with Crippen molar-refractivity contribution in [1.82, 2.24) is 9.97 Å². The van der Waals surface area contributed by atoms with Crippen molar-refractivity contribution in [2.24, 2.45) is 0 Å². The maximum absolute atomic E-state index is 12.3. The van der Waals surface area contributed by atoms with Crippen LogP contribution in [0.15, 0.2) is 6.33 Å². The highest BCUT2D eigenvalue weighted by atomic mass is 32.1. The molecule has 1 aliphatic carbocycles. The quantitative estimate of drug-likeness (QED) is 0.685. The van der Waals surface area contributed by atoms with Gasteiger partial charge in [-0.25, -0.2) is 14.8 Å². The maximum Gasteiger partial charge on any atom is 0.348 e. The SMILES string of the molecule is CCOC(=O)c1sc2ncnc(N3CCC(OC4CCCCC4)CC3)c2c1C. The van der Waals surface area contributed by atoms with Gasteiger partial charge in [0, 0.05) is 13.1 Å². The van der Waals surface area contributed by atoms with Gasteiger partial charge in [0.15, 0.2) is 0 Å². The molecule has 2 aromatic heterocycles. The minimum atomic E-state index is -0.270. The van der Waals surface area contributed by atoms with Gasteiger partial charge in [0.2, 0.25) is 0 Å². The van der Waals surface area contributed by atoms with E-state index in [0.717, 1.165) is 47.5 Å². The molecule has 1 aliphatic heterocycles. The summed E-state index contributed by atoms with van der Waals surface area (Å²) in [7, 11) is 0. The molecule has 2 aromatic rings. The number of carbonyl (C=O) groups excluding carboxylic acids is 1. The molecule has 1 saturated carbocycles. The first-order valence-electron chi connectivity index (χ1n) is 10.5. The number of fused-ring (bicyclic) bond motifs is 1. The summed E-state index contributed by atoms with van der Waals surface area (Å²) >= 11 is 1.40. The van der Waals surface area contributed by atoms with Crippen molar-refractivity contribution < 1.29 is 14.3 Å². The van der Waals surface area contributed by atoms with Crippen molar-refractivity contribution in [3.05, 3.63) is 16.8 Å². The number of hydrogen-bond acceptors (Lipinski definition) is 7. The molecular formula is C21H29N3O3S. The van der Waals surface area contributed by atoms with Crippen LogP contribution in [0, 0.1) is 6.92 Å². The van der Waals surface area contributed by atoms with E-state index in [1.165, 1.54) is 43.4 Å². The van der Waals surface area contributed by atoms with Crippen molar-refractivity contribution in [2.75, 3.05) is 24.6 Å². The number of ether oxygens (including phenoxy) is 2. The second-order valence-electron chi connectivity index (χ2n) is 7.74. The molecule has 0 radical (unpaired) electrons. The van der Waals surface area contributed by atoms with E-state index in [4.69, 9.17) is 9.47 Å². The fourth-order valence-electron chi connectivity index (χ4n) is 4.36. The lowest BCUT2D eigenvalue weighted by molar-refractivity contribution is -0.0395. The summed E-state index contributed by atoms with van der Waals surface area (Å²) in [5.41, 5.74) is 0.926. The van der Waals surface area contributed by atoms with Crippen LogP contribution in [0.5, 0.6) is 0 Å². The van der Waals surface area contributed by atoms with Crippen LogP contribution in [-0.4, -0.2) is 47.8 Å². The third-order valence-corrected chi connectivity index (χ3v) is 7.03. The molecule has 0 N–H and O–H groups in total. The predicted octanol–water partition coefficient (Wildman–Crippen LogP) is 4.49. The van der Waals surface area contributed by atoms with Gasteiger partial charge >= 0.3 is 5.97 Å². The normalized spacial score (nSPS) is 19.3. The first kappa shape index (κ1) is 19.6. The third kappa shape index (κ3) is 4.01. The van der Waals surface area contributed by atoms with Crippen molar-refractivity contribution in [1.29, 1.82) is 0 Å². The fraction of sp³-hybridized carbons (Fsp3) is 0.667. The van der Waals surface area contributed by atoms with Gasteiger partial charge in [0.1, 0.15) is 21.9 Å². The Morgan fingerprint density at radius 3 is 2.57 bits per heavy atom. The first-order chi connectivity index (χ1) is 13.7. The van der Waals surface area contributed by atoms with E-state index in [-0.39, 0.29) is 5.97 Å². The number of aryl methyl sites for hydroxylation is 1. The second kappa shape index (κ2) is 8.74. The largest absolute Gasteiger partial charge is 0.462 e. The Hall–Kier alpha value is -1.73. The van der Waals surface area contributed by atoms with E-state index in [1.807, 2.05) is 13.8 Å². The van der Waals surface area contributed by atoms with E-state index < -0.39 is 0 Å². The zero-order valence-electron chi connectivity index (χ0n) is 16.8. The number of thiophene rings is 1. The molecule has 152 valence electrons. The van der Waals surface area contributed by atoms with Crippen LogP contribution >= 0.6 is 11.3 Å². The molecule has 0 unspecified atom stereocenters. The van der Waals surface area contributed by atoms with Gasteiger partial charge < -0.3 is 14.4 Å². The Labute approximate surface area is 170 Å². The Morgan fingerprint density at radius 1 is 1.14 bits per heavy atom. The van der Waals surface area contributed by atoms with E-state index in [9.17, 15) is 4.79 Å². The summed E-state index contributed by atoms with van der Waals surface area (Å²) in [6.07, 6.45) is 10.9. The molecular weight excluding hydrogens is 374 g/mol. The summed E-state index contributed by atoms with van der Waals surface area (Å²) in [6, 6.07) is 0. The monoisotopic (exact) mass is 403 g/mol. The minimum Gasteiger partial charge on any atom is -0.462 e. The van der Waals surface area contributed by atoms with Crippen LogP contribution in [0.4, 0.5) is 5.82 Å². The van der Waals surface area contributed by atoms with Gasteiger partial charge in [-0.3, -0.25) is 0 Å². The number of aromatic nitrogens is 2. The fourth-order valence-corrected chi connectivity index (χ4v) is 5.40. The van der Waals surface area contributed by atoms with Gasteiger partial charge in [-0.2, -0.15) is 0 Å². The zero-order valence-corrected chi connectivity index (χ0v) is 17.6. The van der Waals surface area contributed by atoms with Crippen molar-refractivity contribution in [2.45, 2.75) is 71.0 Å². The Balaban J connectivity index is 1.48. The molecule has 0 aromatic carbocycles. The number of anilines is 1. The topological polar surface area (TPSA) is 64.5 Å². The maximum atomic E-state index is 12.3. The minimum absolute atomic E-state index is 0.270. The molecule has 4 rings (SSSR count). The van der Waals surface area contributed by atoms with Gasteiger partial charge in [0.05, 0.1) is 24.2 Å². The summed E-state index contributed by atoms with van der Waals surface area (Å²) in [4.78, 5) is 25.1. The van der Waals surface area contributed by atoms with Crippen molar-refractivity contribution in [3.8, 4) is 0 Å². The van der Waals surface area contributed by atoms with E-state index >= 15 is 0 Å². The predicted molar refractivity (Wildman–Crippen MR) is 111 cm³/mol. The molecule has 0 amide bonds. The number of piperidine rings is 1. The third-order valence-electron chi connectivity index (χ3n) is 5.85. The van der Waals surface area contributed by atoms with Crippen LogP contribution in [0.25, 0.3) is 10.2 Å². The summed E-state index contributed by atoms with van der Waals surface area (Å²) in [5, 5.41) is 0.988. The van der Waals surface area contributed by atoms with E-state index in [0.29, 0.717) is 23.7 Å². The highest BCUT2D eigenvalue weighted by Crippen LogP contribution is 2.36. The molecule has 7 heteroatoms. The lowest BCUT2D eigenvalue weighted by Crippen LogP contribution is -2.39.